The largest absolute Gasteiger partial charge is 0.416 e. The van der Waals surface area contributed by atoms with Gasteiger partial charge >= 0.3 is 24.7 Å². The lowest BCUT2D eigenvalue weighted by atomic mass is 10.0. The molecule has 0 fully saturated rings. The number of halogens is 13. The molecular weight excluding hydrogens is 515 g/mol. The third-order valence-corrected chi connectivity index (χ3v) is 4.16. The highest BCUT2D eigenvalue weighted by Gasteiger charge is 2.38. The molecule has 0 aliphatic rings. The molecule has 2 aromatic rings. The van der Waals surface area contributed by atoms with Crippen molar-refractivity contribution in [2.24, 2.45) is 0 Å². The van der Waals surface area contributed by atoms with Gasteiger partial charge in [0.15, 0.2) is 0 Å². The Balaban J connectivity index is 0. The first-order chi connectivity index (χ1) is 15.0. The van der Waals surface area contributed by atoms with Crippen molar-refractivity contribution in [3.63, 3.8) is 0 Å². The van der Waals surface area contributed by atoms with E-state index in [1.165, 1.54) is 0 Å². The minimum absolute atomic E-state index is 0. The van der Waals surface area contributed by atoms with Gasteiger partial charge in [-0.15, -0.1) is 0 Å². The minimum Gasteiger partial charge on any atom is -0.389 e. The smallest absolute Gasteiger partial charge is 0.389 e. The van der Waals surface area contributed by atoms with Crippen LogP contribution in [0.15, 0.2) is 36.4 Å². The summed E-state index contributed by atoms with van der Waals surface area (Å²) < 4.78 is 161. The summed E-state index contributed by atoms with van der Waals surface area (Å²) in [7, 11) is 0. The fraction of sp³-hybridized carbons (Fsp3) is 0.429. The second-order valence-electron chi connectivity index (χ2n) is 6.97. The number of aliphatic hydroxyl groups is 1. The van der Waals surface area contributed by atoms with Gasteiger partial charge in [-0.3, -0.25) is 0 Å². The van der Waals surface area contributed by atoms with E-state index in [9.17, 15) is 57.1 Å². The van der Waals surface area contributed by atoms with Gasteiger partial charge in [0, 0.05) is 1.43 Å². The van der Waals surface area contributed by atoms with Gasteiger partial charge in [-0.05, 0) is 61.4 Å². The molecule has 0 heterocycles. The van der Waals surface area contributed by atoms with E-state index < -0.39 is 70.4 Å². The average molecular weight is 537 g/mol. The summed E-state index contributed by atoms with van der Waals surface area (Å²) in [5.41, 5.74) is -6.94. The van der Waals surface area contributed by atoms with Crippen molar-refractivity contribution < 1.29 is 63.6 Å². The van der Waals surface area contributed by atoms with Crippen LogP contribution in [0.2, 0.25) is 0 Å². The molecule has 2 aromatic carbocycles. The van der Waals surface area contributed by atoms with Gasteiger partial charge in [-0.1, -0.05) is 7.43 Å². The molecule has 0 radical (unpaired) electrons. The lowest BCUT2D eigenvalue weighted by molar-refractivity contribution is -0.144. The van der Waals surface area contributed by atoms with Crippen molar-refractivity contribution >= 4 is 0 Å². The molecule has 0 spiro atoms. The molecule has 1 N–H and O–H groups in total. The Labute approximate surface area is 192 Å². The number of alkyl halides is 13. The van der Waals surface area contributed by atoms with Crippen LogP contribution in [0.3, 0.4) is 0 Å². The summed E-state index contributed by atoms with van der Waals surface area (Å²) in [6, 6.07) is 1.73. The molecule has 0 saturated heterocycles. The first kappa shape index (κ1) is 32.5. The molecule has 0 amide bonds. The van der Waals surface area contributed by atoms with E-state index >= 15 is 0 Å². The molecule has 14 heteroatoms. The Morgan fingerprint density at radius 3 is 0.943 bits per heavy atom. The third kappa shape index (κ3) is 9.57. The van der Waals surface area contributed by atoms with Crippen molar-refractivity contribution in [2.75, 3.05) is 0 Å². The first-order valence-corrected chi connectivity index (χ1v) is 8.94. The average Bonchev–Trinajstić information content (AvgIpc) is 2.65. The van der Waals surface area contributed by atoms with Crippen molar-refractivity contribution in [2.45, 2.75) is 58.3 Å². The second-order valence-corrected chi connectivity index (χ2v) is 6.97. The molecule has 0 aliphatic heterocycles. The topological polar surface area (TPSA) is 20.2 Å². The molecule has 2 rings (SSSR count). The predicted molar refractivity (Wildman–Crippen MR) is 102 cm³/mol. The maximum absolute atomic E-state index is 12.8. The Kier molecular flexibility index (Phi) is 10.2. The summed E-state index contributed by atoms with van der Waals surface area (Å²) in [5, 5.41) is 9.07. The Bertz CT molecular complexity index is 828. The molecule has 0 bridgehead atoms. The molecule has 0 aliphatic carbocycles. The zero-order chi connectivity index (χ0) is 26.9. The predicted octanol–water partition coefficient (Wildman–Crippen LogP) is 9.41. The summed E-state index contributed by atoms with van der Waals surface area (Å²) in [6.45, 7) is 1.96. The SMILES string of the molecule is C.CC(F)c1cc(C(F)(F)F)cc(C(F)(F)F)c1.CC(O)c1cc(C(F)(F)F)cc(C(F)(F)F)c1.[2HH]. The van der Waals surface area contributed by atoms with Gasteiger partial charge in [0.1, 0.15) is 6.17 Å². The number of hydrogen-bond donors (Lipinski definition) is 1. The van der Waals surface area contributed by atoms with Crippen LogP contribution < -0.4 is 0 Å². The molecule has 35 heavy (non-hydrogen) atoms. The van der Waals surface area contributed by atoms with Gasteiger partial charge in [0.2, 0.25) is 0 Å². The van der Waals surface area contributed by atoms with Crippen molar-refractivity contribution in [1.82, 2.24) is 0 Å². The van der Waals surface area contributed by atoms with Crippen LogP contribution in [-0.4, -0.2) is 5.11 Å². The molecule has 2 unspecified atom stereocenters. The fourth-order valence-corrected chi connectivity index (χ4v) is 2.43. The Hall–Kier alpha value is -2.51. The van der Waals surface area contributed by atoms with Crippen molar-refractivity contribution in [3.8, 4) is 0 Å². The second kappa shape index (κ2) is 11.0. The monoisotopic (exact) mass is 537 g/mol. The maximum Gasteiger partial charge on any atom is 0.416 e. The first-order valence-electron chi connectivity index (χ1n) is 8.94. The van der Waals surface area contributed by atoms with E-state index in [-0.39, 0.29) is 21.0 Å². The Morgan fingerprint density at radius 1 is 0.543 bits per heavy atom. The van der Waals surface area contributed by atoms with Crippen molar-refractivity contribution in [1.29, 1.82) is 0 Å². The standard InChI is InChI=1S/C10H7F7.C10H8F6O.CH4.H2/c1-5(11)6-2-7(9(12,13)14)4-8(3-6)10(15,16)17;1-5(17)6-2-7(9(11,12)13)4-8(3-6)10(14,15)16;;/h2-5H,1H3;2-5,17H,1H3;1H4;1H/i;;;1+1. The fourth-order valence-electron chi connectivity index (χ4n) is 2.43. The van der Waals surface area contributed by atoms with E-state index in [0.717, 1.165) is 13.8 Å². The van der Waals surface area contributed by atoms with Gasteiger partial charge in [-0.2, -0.15) is 52.7 Å². The number of aliphatic hydroxyl groups excluding tert-OH is 1. The van der Waals surface area contributed by atoms with E-state index in [4.69, 9.17) is 5.11 Å². The van der Waals surface area contributed by atoms with Gasteiger partial charge in [-0.25, -0.2) is 4.39 Å². The summed E-state index contributed by atoms with van der Waals surface area (Å²) in [5.74, 6) is 0. The van der Waals surface area contributed by atoms with E-state index in [1.807, 2.05) is 0 Å². The van der Waals surface area contributed by atoms with Crippen LogP contribution in [-0.2, 0) is 24.7 Å². The highest BCUT2D eigenvalue weighted by molar-refractivity contribution is 5.35. The molecule has 0 saturated carbocycles. The van der Waals surface area contributed by atoms with Gasteiger partial charge in [0.05, 0.1) is 28.4 Å². The van der Waals surface area contributed by atoms with Crippen LogP contribution in [0, 0.1) is 0 Å². The Morgan fingerprint density at radius 2 is 0.771 bits per heavy atom. The molecule has 1 nitrogen and oxygen atoms in total. The molecule has 2 atom stereocenters. The normalized spacial score (nSPS) is 14.4. The zero-order valence-corrected chi connectivity index (χ0v) is 17.0. The molecular formula is C21H21F13O. The van der Waals surface area contributed by atoms with E-state index in [1.54, 1.807) is 0 Å². The molecule has 0 aromatic heterocycles. The van der Waals surface area contributed by atoms with Crippen LogP contribution in [0.25, 0.3) is 0 Å². The number of hydrogen-bond acceptors (Lipinski definition) is 1. The lowest BCUT2D eigenvalue weighted by Gasteiger charge is -2.15. The highest BCUT2D eigenvalue weighted by atomic mass is 19.4. The summed E-state index contributed by atoms with van der Waals surface area (Å²) in [4.78, 5) is 0. The lowest BCUT2D eigenvalue weighted by Crippen LogP contribution is -2.12. The minimum atomic E-state index is -4.94. The van der Waals surface area contributed by atoms with Crippen LogP contribution >= 0.6 is 0 Å². The quantitative estimate of drug-likeness (QED) is 0.379. The maximum atomic E-state index is 12.8. The zero-order valence-electron chi connectivity index (χ0n) is 17.0. The van der Waals surface area contributed by atoms with Gasteiger partial charge < -0.3 is 5.11 Å². The summed E-state index contributed by atoms with van der Waals surface area (Å²) >= 11 is 0. The van der Waals surface area contributed by atoms with E-state index in [2.05, 4.69) is 0 Å². The summed E-state index contributed by atoms with van der Waals surface area (Å²) in [6.07, 6.45) is -23.0. The van der Waals surface area contributed by atoms with Crippen molar-refractivity contribution in [3.05, 3.63) is 69.8 Å². The third-order valence-electron chi connectivity index (χ3n) is 4.16. The number of benzene rings is 2. The number of rotatable bonds is 2. The van der Waals surface area contributed by atoms with Crippen LogP contribution in [0.1, 0.15) is 68.4 Å². The van der Waals surface area contributed by atoms with Crippen LogP contribution in [0.4, 0.5) is 57.1 Å². The molecule has 202 valence electrons. The van der Waals surface area contributed by atoms with Crippen LogP contribution in [0.5, 0.6) is 0 Å². The van der Waals surface area contributed by atoms with Gasteiger partial charge in [0.25, 0.3) is 0 Å². The highest BCUT2D eigenvalue weighted by Crippen LogP contribution is 2.39. The van der Waals surface area contributed by atoms with E-state index in [0.29, 0.717) is 24.3 Å².